The Hall–Kier alpha value is -2.44. The molecule has 1 aliphatic heterocycles. The summed E-state index contributed by atoms with van der Waals surface area (Å²) in [5.41, 5.74) is -0.178. The first kappa shape index (κ1) is 17.0. The van der Waals surface area contributed by atoms with Crippen molar-refractivity contribution in [2.24, 2.45) is 0 Å². The summed E-state index contributed by atoms with van der Waals surface area (Å²) in [5, 5.41) is 2.89. The summed E-state index contributed by atoms with van der Waals surface area (Å²) in [6.45, 7) is 0. The topological polar surface area (TPSA) is 66.9 Å². The number of nitrogens with zero attached hydrogens (tertiary/aromatic N) is 1. The van der Waals surface area contributed by atoms with E-state index in [9.17, 15) is 18.4 Å². The number of anilines is 1. The quantitative estimate of drug-likeness (QED) is 0.863. The molecule has 7 heteroatoms. The number of alkyl halides is 1. The molecule has 1 aliphatic carbocycles. The van der Waals surface area contributed by atoms with Gasteiger partial charge in [-0.1, -0.05) is 31.4 Å². The highest BCUT2D eigenvalue weighted by Crippen LogP contribution is 2.32. The van der Waals surface area contributed by atoms with Crippen LogP contribution in [0.1, 0.15) is 55.3 Å². The van der Waals surface area contributed by atoms with Gasteiger partial charge in [-0.2, -0.15) is 0 Å². The summed E-state index contributed by atoms with van der Waals surface area (Å²) in [6.07, 6.45) is 3.17. The molecule has 0 spiro atoms. The molecule has 5 nitrogen and oxygen atoms in total. The van der Waals surface area contributed by atoms with Crippen LogP contribution in [0.15, 0.2) is 33.9 Å². The number of aromatic amines is 1. The van der Waals surface area contributed by atoms with Crippen molar-refractivity contribution >= 4 is 5.82 Å². The molecular formula is C19H21F2N3O2. The van der Waals surface area contributed by atoms with E-state index in [1.807, 2.05) is 0 Å². The van der Waals surface area contributed by atoms with Gasteiger partial charge >= 0.3 is 5.69 Å². The van der Waals surface area contributed by atoms with Gasteiger partial charge in [0.25, 0.3) is 5.56 Å². The summed E-state index contributed by atoms with van der Waals surface area (Å²) >= 11 is 0. The zero-order valence-corrected chi connectivity index (χ0v) is 14.3. The van der Waals surface area contributed by atoms with Crippen molar-refractivity contribution in [2.75, 3.05) is 5.32 Å². The number of H-pyrrole nitrogens is 1. The minimum atomic E-state index is -1.39. The lowest BCUT2D eigenvalue weighted by Crippen LogP contribution is -2.44. The average molecular weight is 361 g/mol. The van der Waals surface area contributed by atoms with Gasteiger partial charge in [0.05, 0.1) is 11.6 Å². The lowest BCUT2D eigenvalue weighted by Gasteiger charge is -2.31. The number of hydrogen-bond acceptors (Lipinski definition) is 3. The molecule has 2 N–H and O–H groups in total. The monoisotopic (exact) mass is 361 g/mol. The van der Waals surface area contributed by atoms with Crippen LogP contribution in [0, 0.1) is 5.82 Å². The van der Waals surface area contributed by atoms with Gasteiger partial charge < -0.3 is 5.32 Å². The normalized spacial score (nSPS) is 23.3. The van der Waals surface area contributed by atoms with Gasteiger partial charge in [-0.3, -0.25) is 14.3 Å². The fraction of sp³-hybridized carbons (Fsp3) is 0.474. The van der Waals surface area contributed by atoms with Crippen LogP contribution in [0.4, 0.5) is 14.6 Å². The van der Waals surface area contributed by atoms with Gasteiger partial charge in [-0.15, -0.1) is 0 Å². The average Bonchev–Trinajstić information content (AvgIpc) is 2.63. The number of aromatic nitrogens is 2. The van der Waals surface area contributed by atoms with Crippen molar-refractivity contribution < 1.29 is 8.78 Å². The number of fused-ring (bicyclic) bond motifs is 1. The fourth-order valence-corrected chi connectivity index (χ4v) is 4.12. The third-order valence-electron chi connectivity index (χ3n) is 5.44. The van der Waals surface area contributed by atoms with Crippen LogP contribution < -0.4 is 16.6 Å². The first-order valence-electron chi connectivity index (χ1n) is 9.08. The number of hydrogen-bond donors (Lipinski definition) is 2. The standard InChI is InChI=1S/C19H21F2N3O2/c20-12-6-4-5-11(9-12)16-15(21)10-14-17(22-16)23-19(26)24(18(14)25)13-7-2-1-3-8-13/h4-6,9,13,15-16,22H,1-3,7-8,10H2,(H,23,26)/t15-,16+/m1/s1. The van der Waals surface area contributed by atoms with Gasteiger partial charge in [-0.05, 0) is 30.5 Å². The number of rotatable bonds is 2. The molecule has 0 bridgehead atoms. The molecule has 2 heterocycles. The van der Waals surface area contributed by atoms with E-state index in [1.165, 1.54) is 22.8 Å². The van der Waals surface area contributed by atoms with E-state index in [0.717, 1.165) is 32.1 Å². The predicted octanol–water partition coefficient (Wildman–Crippen LogP) is 3.23. The Balaban J connectivity index is 1.72. The van der Waals surface area contributed by atoms with E-state index in [1.54, 1.807) is 6.07 Å². The van der Waals surface area contributed by atoms with Crippen LogP contribution in [-0.2, 0) is 6.42 Å². The van der Waals surface area contributed by atoms with Crippen LogP contribution in [-0.4, -0.2) is 15.7 Å². The van der Waals surface area contributed by atoms with Crippen molar-refractivity contribution in [3.63, 3.8) is 0 Å². The molecule has 26 heavy (non-hydrogen) atoms. The molecule has 1 aromatic carbocycles. The zero-order valence-electron chi connectivity index (χ0n) is 14.3. The minimum Gasteiger partial charge on any atom is -0.361 e. The van der Waals surface area contributed by atoms with Crippen molar-refractivity contribution in [2.45, 2.75) is 56.8 Å². The molecule has 2 atom stereocenters. The van der Waals surface area contributed by atoms with Crippen LogP contribution >= 0.6 is 0 Å². The smallest absolute Gasteiger partial charge is 0.330 e. The largest absolute Gasteiger partial charge is 0.361 e. The van der Waals surface area contributed by atoms with Gasteiger partial charge in [-0.25, -0.2) is 13.6 Å². The maximum absolute atomic E-state index is 14.8. The number of nitrogens with one attached hydrogen (secondary N) is 2. The van der Waals surface area contributed by atoms with Crippen molar-refractivity contribution in [3.8, 4) is 0 Å². The molecule has 2 aliphatic rings. The highest BCUT2D eigenvalue weighted by atomic mass is 19.1. The Morgan fingerprint density at radius 3 is 2.62 bits per heavy atom. The van der Waals surface area contributed by atoms with Gasteiger partial charge in [0.15, 0.2) is 0 Å². The maximum atomic E-state index is 14.8. The third-order valence-corrected chi connectivity index (χ3v) is 5.44. The molecule has 1 saturated carbocycles. The molecule has 4 rings (SSSR count). The molecule has 0 saturated heterocycles. The van der Waals surface area contributed by atoms with Crippen molar-refractivity contribution in [1.29, 1.82) is 0 Å². The van der Waals surface area contributed by atoms with Crippen LogP contribution in [0.2, 0.25) is 0 Å². The Labute approximate surface area is 149 Å². The molecule has 0 amide bonds. The molecule has 1 aromatic heterocycles. The lowest BCUT2D eigenvalue weighted by atomic mass is 9.93. The second-order valence-corrected chi connectivity index (χ2v) is 7.15. The van der Waals surface area contributed by atoms with Gasteiger partial charge in [0, 0.05) is 12.5 Å². The van der Waals surface area contributed by atoms with E-state index < -0.39 is 29.3 Å². The zero-order chi connectivity index (χ0) is 18.3. The van der Waals surface area contributed by atoms with E-state index in [0.29, 0.717) is 5.56 Å². The summed E-state index contributed by atoms with van der Waals surface area (Å²) in [5.74, 6) is -0.210. The molecular weight excluding hydrogens is 340 g/mol. The minimum absolute atomic E-state index is 0.105. The van der Waals surface area contributed by atoms with Crippen LogP contribution in [0.5, 0.6) is 0 Å². The Kier molecular flexibility index (Phi) is 4.38. The first-order chi connectivity index (χ1) is 12.5. The first-order valence-corrected chi connectivity index (χ1v) is 9.08. The summed E-state index contributed by atoms with van der Waals surface area (Å²) in [4.78, 5) is 28.1. The molecule has 0 unspecified atom stereocenters. The molecule has 1 fully saturated rings. The third kappa shape index (κ3) is 2.95. The van der Waals surface area contributed by atoms with E-state index in [2.05, 4.69) is 10.3 Å². The Morgan fingerprint density at radius 2 is 1.88 bits per heavy atom. The maximum Gasteiger partial charge on any atom is 0.330 e. The second kappa shape index (κ2) is 6.70. The second-order valence-electron chi connectivity index (χ2n) is 7.15. The Bertz CT molecular complexity index is 931. The SMILES string of the molecule is O=c1[nH]c2c(c(=O)n1C1CCCCC1)C[C@@H](F)[C@H](c1cccc(F)c1)N2. The van der Waals surface area contributed by atoms with E-state index in [4.69, 9.17) is 0 Å². The van der Waals surface area contributed by atoms with Crippen LogP contribution in [0.25, 0.3) is 0 Å². The van der Waals surface area contributed by atoms with Gasteiger partial charge in [0.1, 0.15) is 17.8 Å². The van der Waals surface area contributed by atoms with E-state index in [-0.39, 0.29) is 23.8 Å². The van der Waals surface area contributed by atoms with Crippen LogP contribution in [0.3, 0.4) is 0 Å². The van der Waals surface area contributed by atoms with E-state index >= 15 is 0 Å². The summed E-state index contributed by atoms with van der Waals surface area (Å²) in [7, 11) is 0. The highest BCUT2D eigenvalue weighted by Gasteiger charge is 2.33. The molecule has 138 valence electrons. The lowest BCUT2D eigenvalue weighted by molar-refractivity contribution is 0.281. The highest BCUT2D eigenvalue weighted by molar-refractivity contribution is 5.49. The summed E-state index contributed by atoms with van der Waals surface area (Å²) < 4.78 is 29.5. The van der Waals surface area contributed by atoms with Crippen molar-refractivity contribution in [3.05, 3.63) is 62.0 Å². The van der Waals surface area contributed by atoms with Crippen molar-refractivity contribution in [1.82, 2.24) is 9.55 Å². The Morgan fingerprint density at radius 1 is 1.12 bits per heavy atom. The molecule has 2 aromatic rings. The number of benzene rings is 1. The number of halogens is 2. The van der Waals surface area contributed by atoms with Gasteiger partial charge in [0.2, 0.25) is 0 Å². The predicted molar refractivity (Wildman–Crippen MR) is 94.8 cm³/mol. The summed E-state index contributed by atoms with van der Waals surface area (Å²) in [6, 6.07) is 4.76. The fourth-order valence-electron chi connectivity index (χ4n) is 4.12. The molecule has 0 radical (unpaired) electrons.